The van der Waals surface area contributed by atoms with Crippen LogP contribution in [0.1, 0.15) is 26.5 Å². The molecule has 1 aromatic heterocycles. The minimum Gasteiger partial charge on any atom is -0.434 e. The van der Waals surface area contributed by atoms with Gasteiger partial charge in [0.2, 0.25) is 0 Å². The van der Waals surface area contributed by atoms with E-state index in [9.17, 15) is 13.9 Å². The van der Waals surface area contributed by atoms with Crippen LogP contribution in [0.4, 0.5) is 8.78 Å². The van der Waals surface area contributed by atoms with Gasteiger partial charge in [-0.05, 0) is 44.5 Å². The third-order valence-electron chi connectivity index (χ3n) is 3.17. The van der Waals surface area contributed by atoms with Crippen molar-refractivity contribution in [3.63, 3.8) is 0 Å². The van der Waals surface area contributed by atoms with Crippen LogP contribution in [0.5, 0.6) is 5.75 Å². The molecule has 0 unspecified atom stereocenters. The fraction of sp³-hybridized carbons (Fsp3) is 0.412. The van der Waals surface area contributed by atoms with Gasteiger partial charge in [-0.1, -0.05) is 22.9 Å². The Labute approximate surface area is 157 Å². The predicted molar refractivity (Wildman–Crippen MR) is 92.7 cm³/mol. The first-order chi connectivity index (χ1) is 12.1. The second-order valence-electron chi connectivity index (χ2n) is 5.95. The second-order valence-corrected chi connectivity index (χ2v) is 6.86. The van der Waals surface area contributed by atoms with Gasteiger partial charge in [0.25, 0.3) is 0 Å². The molecule has 0 spiro atoms. The maximum absolute atomic E-state index is 12.7. The van der Waals surface area contributed by atoms with Crippen LogP contribution in [0.15, 0.2) is 28.7 Å². The van der Waals surface area contributed by atoms with Crippen molar-refractivity contribution >= 4 is 22.1 Å². The smallest absolute Gasteiger partial charge is 0.387 e. The average Bonchev–Trinajstić information content (AvgIpc) is 2.88. The number of nitrogens with zero attached hydrogens (tertiary/aromatic N) is 2. The number of halogens is 3. The molecule has 0 saturated heterocycles. The van der Waals surface area contributed by atoms with E-state index < -0.39 is 12.2 Å². The molecule has 26 heavy (non-hydrogen) atoms. The van der Waals surface area contributed by atoms with Gasteiger partial charge in [0.15, 0.2) is 0 Å². The predicted octanol–water partition coefficient (Wildman–Crippen LogP) is 3.66. The molecule has 0 amide bonds. The molecule has 1 aromatic carbocycles. The van der Waals surface area contributed by atoms with Crippen LogP contribution in [0.25, 0.3) is 11.3 Å². The summed E-state index contributed by atoms with van der Waals surface area (Å²) in [5, 5.41) is 14.5. The SMILES string of the molecule is CCc1cc(-c2ccc(Br)cc2OC(F)F)n(CC(C)(C)O)n1.O=C=O. The molecule has 2 rings (SSSR count). The van der Waals surface area contributed by atoms with Crippen LogP contribution in [-0.2, 0) is 22.6 Å². The largest absolute Gasteiger partial charge is 0.434 e. The van der Waals surface area contributed by atoms with E-state index >= 15 is 0 Å². The topological polar surface area (TPSA) is 81.4 Å². The average molecular weight is 433 g/mol. The zero-order valence-electron chi connectivity index (χ0n) is 14.5. The summed E-state index contributed by atoms with van der Waals surface area (Å²) in [6.07, 6.45) is 0.952. The number of aliphatic hydroxyl groups is 1. The molecule has 0 aliphatic carbocycles. The van der Waals surface area contributed by atoms with Crippen LogP contribution in [0.3, 0.4) is 0 Å². The molecule has 0 atom stereocenters. The van der Waals surface area contributed by atoms with Crippen molar-refractivity contribution in [1.82, 2.24) is 9.78 Å². The third kappa shape index (κ3) is 6.67. The summed E-state index contributed by atoms with van der Waals surface area (Å²) < 4.78 is 32.3. The van der Waals surface area contributed by atoms with Crippen molar-refractivity contribution in [3.05, 3.63) is 34.4 Å². The van der Waals surface area contributed by atoms with Crippen LogP contribution in [-0.4, -0.2) is 33.3 Å². The highest BCUT2D eigenvalue weighted by atomic mass is 79.9. The van der Waals surface area contributed by atoms with Gasteiger partial charge < -0.3 is 9.84 Å². The normalized spacial score (nSPS) is 10.9. The Morgan fingerprint density at radius 3 is 2.46 bits per heavy atom. The fourth-order valence-corrected chi connectivity index (χ4v) is 2.59. The van der Waals surface area contributed by atoms with Gasteiger partial charge in [-0.3, -0.25) is 4.68 Å². The number of alkyl halides is 2. The molecule has 0 saturated carbocycles. The number of hydrogen-bond acceptors (Lipinski definition) is 5. The highest BCUT2D eigenvalue weighted by molar-refractivity contribution is 9.10. The van der Waals surface area contributed by atoms with Crippen molar-refractivity contribution in [2.45, 2.75) is 45.9 Å². The highest BCUT2D eigenvalue weighted by Crippen LogP contribution is 2.34. The Bertz CT molecular complexity index is 767. The molecular weight excluding hydrogens is 414 g/mol. The quantitative estimate of drug-likeness (QED) is 0.752. The van der Waals surface area contributed by atoms with E-state index in [0.717, 1.165) is 5.69 Å². The molecule has 9 heteroatoms. The lowest BCUT2D eigenvalue weighted by molar-refractivity contribution is -0.191. The third-order valence-corrected chi connectivity index (χ3v) is 3.66. The number of hydrogen-bond donors (Lipinski definition) is 1. The summed E-state index contributed by atoms with van der Waals surface area (Å²) in [6.45, 7) is 2.62. The molecule has 142 valence electrons. The maximum atomic E-state index is 12.7. The van der Waals surface area contributed by atoms with Crippen molar-refractivity contribution in [3.8, 4) is 17.0 Å². The number of aryl methyl sites for hydroxylation is 1. The fourth-order valence-electron chi connectivity index (χ4n) is 2.25. The molecule has 1 heterocycles. The molecule has 0 aliphatic heterocycles. The van der Waals surface area contributed by atoms with E-state index in [1.165, 1.54) is 6.07 Å². The van der Waals surface area contributed by atoms with E-state index in [1.807, 2.05) is 13.0 Å². The Morgan fingerprint density at radius 2 is 1.96 bits per heavy atom. The van der Waals surface area contributed by atoms with Gasteiger partial charge in [-0.2, -0.15) is 23.5 Å². The van der Waals surface area contributed by atoms with E-state index in [1.54, 1.807) is 30.7 Å². The lowest BCUT2D eigenvalue weighted by Gasteiger charge is -2.19. The van der Waals surface area contributed by atoms with Crippen molar-refractivity contribution < 1.29 is 28.2 Å². The Morgan fingerprint density at radius 1 is 1.35 bits per heavy atom. The molecule has 0 radical (unpaired) electrons. The summed E-state index contributed by atoms with van der Waals surface area (Å²) in [5.74, 6) is 0.0638. The molecule has 0 fully saturated rings. The molecule has 0 bridgehead atoms. The number of aromatic nitrogens is 2. The zero-order chi connectivity index (χ0) is 19.9. The Hall–Kier alpha value is -2.09. The van der Waals surface area contributed by atoms with Gasteiger partial charge in [0, 0.05) is 10.0 Å². The Kier molecular flexibility index (Phi) is 8.08. The van der Waals surface area contributed by atoms with Crippen LogP contribution < -0.4 is 4.74 Å². The monoisotopic (exact) mass is 432 g/mol. The molecule has 1 N–H and O–H groups in total. The lowest BCUT2D eigenvalue weighted by Crippen LogP contribution is -2.27. The van der Waals surface area contributed by atoms with Crippen LogP contribution in [0.2, 0.25) is 0 Å². The number of rotatable bonds is 6. The van der Waals surface area contributed by atoms with Crippen LogP contribution in [0, 0.1) is 0 Å². The van der Waals surface area contributed by atoms with E-state index in [0.29, 0.717) is 22.2 Å². The number of carbonyl (C=O) groups excluding carboxylic acids is 2. The second kappa shape index (κ2) is 9.56. The first kappa shape index (κ1) is 22.0. The van der Waals surface area contributed by atoms with E-state index in [4.69, 9.17) is 9.59 Å². The summed E-state index contributed by atoms with van der Waals surface area (Å²) in [5.41, 5.74) is 0.970. The summed E-state index contributed by atoms with van der Waals surface area (Å²) in [7, 11) is 0. The minimum absolute atomic E-state index is 0.0638. The summed E-state index contributed by atoms with van der Waals surface area (Å²) in [4.78, 5) is 16.2. The number of ether oxygens (including phenoxy) is 1. The minimum atomic E-state index is -2.92. The summed E-state index contributed by atoms with van der Waals surface area (Å²) in [6, 6.07) is 6.77. The van der Waals surface area contributed by atoms with Gasteiger partial charge >= 0.3 is 12.8 Å². The lowest BCUT2D eigenvalue weighted by atomic mass is 10.1. The Balaban J connectivity index is 0.00000105. The number of benzene rings is 1. The molecule has 2 aromatic rings. The van der Waals surface area contributed by atoms with Gasteiger partial charge in [0.1, 0.15) is 5.75 Å². The molecule has 0 aliphatic rings. The zero-order valence-corrected chi connectivity index (χ0v) is 16.1. The van der Waals surface area contributed by atoms with Gasteiger partial charge in [0.05, 0.1) is 23.5 Å². The molecular formula is C17H19BrF2N2O4. The maximum Gasteiger partial charge on any atom is 0.387 e. The van der Waals surface area contributed by atoms with E-state index in [2.05, 4.69) is 25.8 Å². The standard InChI is InChI=1S/C16H19BrF2N2O2.CO2/c1-4-11-8-13(21(20-11)9-16(2,3)22)12-6-5-10(17)7-14(12)23-15(18)19;2-1-3/h5-8,15,22H,4,9H2,1-3H3;. The van der Waals surface area contributed by atoms with Crippen LogP contribution >= 0.6 is 15.9 Å². The van der Waals surface area contributed by atoms with E-state index in [-0.39, 0.29) is 18.4 Å². The first-order valence-corrected chi connectivity index (χ1v) is 8.43. The summed E-state index contributed by atoms with van der Waals surface area (Å²) >= 11 is 3.26. The van der Waals surface area contributed by atoms with Gasteiger partial charge in [-0.15, -0.1) is 0 Å². The first-order valence-electron chi connectivity index (χ1n) is 7.64. The van der Waals surface area contributed by atoms with Gasteiger partial charge in [-0.25, -0.2) is 0 Å². The van der Waals surface area contributed by atoms with Crippen molar-refractivity contribution in [1.29, 1.82) is 0 Å². The van der Waals surface area contributed by atoms with Crippen molar-refractivity contribution in [2.24, 2.45) is 0 Å². The highest BCUT2D eigenvalue weighted by Gasteiger charge is 2.21. The molecule has 6 nitrogen and oxygen atoms in total. The van der Waals surface area contributed by atoms with Crippen molar-refractivity contribution in [2.75, 3.05) is 0 Å².